The molecular formula is C17H18N4O2. The number of nitrogens with one attached hydrogen (secondary N) is 1. The van der Waals surface area contributed by atoms with Crippen LogP contribution in [0.4, 0.5) is 0 Å². The Kier molecular flexibility index (Phi) is 4.40. The molecule has 0 aliphatic carbocycles. The molecule has 1 aliphatic heterocycles. The predicted molar refractivity (Wildman–Crippen MR) is 85.3 cm³/mol. The van der Waals surface area contributed by atoms with Crippen LogP contribution >= 0.6 is 0 Å². The maximum Gasteiger partial charge on any atom is 0.284 e. The molecule has 0 amide bonds. The quantitative estimate of drug-likeness (QED) is 0.927. The van der Waals surface area contributed by atoms with Crippen LogP contribution in [0.15, 0.2) is 35.1 Å². The third-order valence-corrected chi connectivity index (χ3v) is 4.02. The summed E-state index contributed by atoms with van der Waals surface area (Å²) in [5.74, 6) is 0.760. The van der Waals surface area contributed by atoms with Crippen LogP contribution in [0, 0.1) is 11.3 Å². The second-order valence-electron chi connectivity index (χ2n) is 5.55. The Balaban J connectivity index is 1.94. The fourth-order valence-corrected chi connectivity index (χ4v) is 2.76. The van der Waals surface area contributed by atoms with Gasteiger partial charge in [0.15, 0.2) is 0 Å². The van der Waals surface area contributed by atoms with Gasteiger partial charge in [-0.05, 0) is 43.1 Å². The first kappa shape index (κ1) is 15.3. The number of rotatable bonds is 4. The van der Waals surface area contributed by atoms with Crippen molar-refractivity contribution in [2.75, 3.05) is 13.7 Å². The van der Waals surface area contributed by atoms with E-state index in [1.807, 2.05) is 30.3 Å². The first-order valence-corrected chi connectivity index (χ1v) is 7.59. The van der Waals surface area contributed by atoms with E-state index < -0.39 is 0 Å². The molecule has 0 bridgehead atoms. The zero-order valence-corrected chi connectivity index (χ0v) is 13.0. The molecule has 1 N–H and O–H groups in total. The summed E-state index contributed by atoms with van der Waals surface area (Å²) in [6, 6.07) is 11.2. The monoisotopic (exact) mass is 310 g/mol. The summed E-state index contributed by atoms with van der Waals surface area (Å²) in [6.45, 7) is 1.27. The van der Waals surface area contributed by atoms with E-state index in [1.54, 1.807) is 13.2 Å². The van der Waals surface area contributed by atoms with Crippen molar-refractivity contribution in [2.45, 2.75) is 25.4 Å². The molecule has 3 rings (SSSR count). The summed E-state index contributed by atoms with van der Waals surface area (Å²) in [5.41, 5.74) is 1.47. The molecule has 1 saturated heterocycles. The van der Waals surface area contributed by atoms with Gasteiger partial charge in [0.25, 0.3) is 5.56 Å². The zero-order chi connectivity index (χ0) is 16.2. The van der Waals surface area contributed by atoms with Crippen LogP contribution in [0.3, 0.4) is 0 Å². The standard InChI is InChI=1S/C17H18N4O2/c1-23-14-6-4-12(5-7-14)11-21-17(22)13(10-18)9-16(20-21)15-3-2-8-19-15/h4-7,9,15,19H,2-3,8,11H2,1H3. The average Bonchev–Trinajstić information content (AvgIpc) is 3.12. The van der Waals surface area contributed by atoms with E-state index in [-0.39, 0.29) is 17.2 Å². The first-order valence-electron chi connectivity index (χ1n) is 7.59. The van der Waals surface area contributed by atoms with Crippen LogP contribution in [0.5, 0.6) is 5.75 Å². The van der Waals surface area contributed by atoms with Gasteiger partial charge in [-0.2, -0.15) is 10.4 Å². The molecule has 1 aromatic carbocycles. The number of hydrogen-bond donors (Lipinski definition) is 1. The molecule has 23 heavy (non-hydrogen) atoms. The highest BCUT2D eigenvalue weighted by molar-refractivity contribution is 5.30. The van der Waals surface area contributed by atoms with E-state index >= 15 is 0 Å². The Morgan fingerprint density at radius 1 is 1.43 bits per heavy atom. The van der Waals surface area contributed by atoms with E-state index in [1.165, 1.54) is 4.68 Å². The van der Waals surface area contributed by atoms with Gasteiger partial charge in [-0.1, -0.05) is 12.1 Å². The highest BCUT2D eigenvalue weighted by Gasteiger charge is 2.20. The molecule has 1 unspecified atom stereocenters. The molecule has 0 radical (unpaired) electrons. The van der Waals surface area contributed by atoms with Crippen LogP contribution in [-0.4, -0.2) is 23.4 Å². The van der Waals surface area contributed by atoms with E-state index in [9.17, 15) is 10.1 Å². The molecular weight excluding hydrogens is 292 g/mol. The fraction of sp³-hybridized carbons (Fsp3) is 0.353. The summed E-state index contributed by atoms with van der Waals surface area (Å²) in [5, 5.41) is 17.0. The van der Waals surface area contributed by atoms with Crippen LogP contribution in [0.25, 0.3) is 0 Å². The second-order valence-corrected chi connectivity index (χ2v) is 5.55. The average molecular weight is 310 g/mol. The summed E-state index contributed by atoms with van der Waals surface area (Å²) >= 11 is 0. The molecule has 1 aliphatic rings. The lowest BCUT2D eigenvalue weighted by Gasteiger charge is -2.13. The lowest BCUT2D eigenvalue weighted by Crippen LogP contribution is -2.29. The van der Waals surface area contributed by atoms with E-state index in [0.29, 0.717) is 6.54 Å². The van der Waals surface area contributed by atoms with Gasteiger partial charge in [0, 0.05) is 0 Å². The Hall–Kier alpha value is -2.65. The molecule has 2 aromatic rings. The SMILES string of the molecule is COc1ccc(Cn2nc(C3CCCN3)cc(C#N)c2=O)cc1. The van der Waals surface area contributed by atoms with Crippen molar-refractivity contribution in [1.29, 1.82) is 5.26 Å². The summed E-state index contributed by atoms with van der Waals surface area (Å²) in [7, 11) is 1.61. The smallest absolute Gasteiger partial charge is 0.284 e. The third-order valence-electron chi connectivity index (χ3n) is 4.02. The highest BCUT2D eigenvalue weighted by Crippen LogP contribution is 2.21. The first-order chi connectivity index (χ1) is 11.2. The molecule has 1 fully saturated rings. The molecule has 1 atom stereocenters. The van der Waals surface area contributed by atoms with Crippen LogP contribution in [0.1, 0.15) is 35.7 Å². The van der Waals surface area contributed by atoms with Gasteiger partial charge in [-0.15, -0.1) is 0 Å². The normalized spacial score (nSPS) is 17.0. The van der Waals surface area contributed by atoms with Gasteiger partial charge in [-0.3, -0.25) is 4.79 Å². The number of ether oxygens (including phenoxy) is 1. The maximum absolute atomic E-state index is 12.3. The maximum atomic E-state index is 12.3. The Bertz CT molecular complexity index is 784. The van der Waals surface area contributed by atoms with Crippen molar-refractivity contribution >= 4 is 0 Å². The number of methoxy groups -OCH3 is 1. The zero-order valence-electron chi connectivity index (χ0n) is 13.0. The van der Waals surface area contributed by atoms with Gasteiger partial charge < -0.3 is 10.1 Å². The van der Waals surface area contributed by atoms with Crippen molar-refractivity contribution in [2.24, 2.45) is 0 Å². The molecule has 6 heteroatoms. The third kappa shape index (κ3) is 3.25. The minimum absolute atomic E-state index is 0.116. The Morgan fingerprint density at radius 2 is 2.22 bits per heavy atom. The van der Waals surface area contributed by atoms with Gasteiger partial charge in [0.2, 0.25) is 0 Å². The minimum atomic E-state index is -0.356. The van der Waals surface area contributed by atoms with E-state index in [0.717, 1.165) is 36.4 Å². The largest absolute Gasteiger partial charge is 0.497 e. The van der Waals surface area contributed by atoms with Gasteiger partial charge in [0.05, 0.1) is 25.4 Å². The fourth-order valence-electron chi connectivity index (χ4n) is 2.76. The lowest BCUT2D eigenvalue weighted by atomic mass is 10.1. The summed E-state index contributed by atoms with van der Waals surface area (Å²) in [4.78, 5) is 12.3. The number of hydrogen-bond acceptors (Lipinski definition) is 5. The summed E-state index contributed by atoms with van der Waals surface area (Å²) < 4.78 is 6.50. The summed E-state index contributed by atoms with van der Waals surface area (Å²) in [6.07, 6.45) is 2.05. The van der Waals surface area contributed by atoms with Crippen LogP contribution in [0.2, 0.25) is 0 Å². The van der Waals surface area contributed by atoms with Crippen molar-refractivity contribution in [3.8, 4) is 11.8 Å². The second kappa shape index (κ2) is 6.63. The highest BCUT2D eigenvalue weighted by atomic mass is 16.5. The molecule has 2 heterocycles. The number of nitrogens with zero attached hydrogens (tertiary/aromatic N) is 3. The Morgan fingerprint density at radius 3 is 2.83 bits per heavy atom. The van der Waals surface area contributed by atoms with E-state index in [4.69, 9.17) is 4.74 Å². The van der Waals surface area contributed by atoms with Crippen LogP contribution < -0.4 is 15.6 Å². The van der Waals surface area contributed by atoms with Crippen molar-refractivity contribution in [3.63, 3.8) is 0 Å². The Labute approximate surface area is 134 Å². The van der Waals surface area contributed by atoms with Crippen molar-refractivity contribution in [3.05, 3.63) is 57.5 Å². The van der Waals surface area contributed by atoms with Crippen molar-refractivity contribution < 1.29 is 4.74 Å². The van der Waals surface area contributed by atoms with E-state index in [2.05, 4.69) is 10.4 Å². The van der Waals surface area contributed by atoms with Gasteiger partial charge in [-0.25, -0.2) is 4.68 Å². The number of benzene rings is 1. The molecule has 1 aromatic heterocycles. The minimum Gasteiger partial charge on any atom is -0.497 e. The molecule has 0 saturated carbocycles. The predicted octanol–water partition coefficient (Wildman–Crippen LogP) is 1.60. The van der Waals surface area contributed by atoms with Gasteiger partial charge >= 0.3 is 0 Å². The number of nitriles is 1. The lowest BCUT2D eigenvalue weighted by molar-refractivity contribution is 0.414. The van der Waals surface area contributed by atoms with Crippen LogP contribution in [-0.2, 0) is 6.54 Å². The van der Waals surface area contributed by atoms with Crippen molar-refractivity contribution in [1.82, 2.24) is 15.1 Å². The van der Waals surface area contributed by atoms with Gasteiger partial charge in [0.1, 0.15) is 17.4 Å². The topological polar surface area (TPSA) is 79.9 Å². The molecule has 118 valence electrons. The number of aromatic nitrogens is 2. The molecule has 6 nitrogen and oxygen atoms in total. The molecule has 0 spiro atoms.